The minimum absolute atomic E-state index is 0.0476. The van der Waals surface area contributed by atoms with Crippen LogP contribution in [0, 0.1) is 0 Å². The molecule has 0 radical (unpaired) electrons. The molecule has 9 nitrogen and oxygen atoms in total. The van der Waals surface area contributed by atoms with Crippen molar-refractivity contribution in [1.29, 1.82) is 0 Å². The Morgan fingerprint density at radius 3 is 2.37 bits per heavy atom. The van der Waals surface area contributed by atoms with Crippen LogP contribution < -0.4 is 10.6 Å². The fourth-order valence-electron chi connectivity index (χ4n) is 4.07. The number of nitrogens with zero attached hydrogens (tertiary/aromatic N) is 1. The molecule has 2 amide bonds. The lowest BCUT2D eigenvalue weighted by Gasteiger charge is -2.15. The molecule has 35 heavy (non-hydrogen) atoms. The molecule has 0 fully saturated rings. The lowest BCUT2D eigenvalue weighted by Crippen LogP contribution is -2.34. The van der Waals surface area contributed by atoms with Crippen LogP contribution in [0.4, 0.5) is 9.93 Å². The van der Waals surface area contributed by atoms with Crippen molar-refractivity contribution in [1.82, 2.24) is 10.3 Å². The third-order valence-electron chi connectivity index (χ3n) is 5.58. The minimum atomic E-state index is -1.01. The van der Waals surface area contributed by atoms with Gasteiger partial charge in [-0.15, -0.1) is 0 Å². The summed E-state index contributed by atoms with van der Waals surface area (Å²) in [6.45, 7) is 2.30. The molecule has 3 N–H and O–H groups in total. The van der Waals surface area contributed by atoms with Crippen molar-refractivity contribution in [2.24, 2.45) is 0 Å². The van der Waals surface area contributed by atoms with Crippen LogP contribution in [0.3, 0.4) is 0 Å². The molecule has 0 aliphatic heterocycles. The maximum Gasteiger partial charge on any atom is 0.413 e. The maximum atomic E-state index is 12.4. The Kier molecular flexibility index (Phi) is 7.74. The number of nitrogens with one attached hydrogen (secondary N) is 2. The number of benzene rings is 2. The SMILES string of the molecule is CCOC(CNC(=O)c1cnc(NC(=O)OCC2c3ccccc3-c3ccccc32)s1)CC(=O)O. The number of ether oxygens (including phenoxy) is 2. The van der Waals surface area contributed by atoms with E-state index in [1.165, 1.54) is 6.20 Å². The number of carbonyl (C=O) groups is 3. The smallest absolute Gasteiger partial charge is 0.413 e. The van der Waals surface area contributed by atoms with Gasteiger partial charge in [-0.05, 0) is 29.2 Å². The number of anilines is 1. The molecule has 1 unspecified atom stereocenters. The van der Waals surface area contributed by atoms with Gasteiger partial charge in [-0.3, -0.25) is 14.9 Å². The summed E-state index contributed by atoms with van der Waals surface area (Å²) in [5, 5.41) is 14.4. The van der Waals surface area contributed by atoms with Crippen LogP contribution in [-0.4, -0.2) is 53.9 Å². The number of carboxylic acid groups (broad SMARTS) is 1. The fraction of sp³-hybridized carbons (Fsp3) is 0.280. The highest BCUT2D eigenvalue weighted by Gasteiger charge is 2.29. The Morgan fingerprint density at radius 2 is 1.74 bits per heavy atom. The number of hydrogen-bond donors (Lipinski definition) is 3. The van der Waals surface area contributed by atoms with Gasteiger partial charge in [0.05, 0.1) is 18.7 Å². The molecule has 4 rings (SSSR count). The molecule has 1 aliphatic rings. The summed E-state index contributed by atoms with van der Waals surface area (Å²) < 4.78 is 10.8. The van der Waals surface area contributed by atoms with Gasteiger partial charge < -0.3 is 19.9 Å². The number of rotatable bonds is 10. The molecule has 0 bridgehead atoms. The van der Waals surface area contributed by atoms with E-state index in [-0.39, 0.29) is 35.5 Å². The fourth-order valence-corrected chi connectivity index (χ4v) is 4.79. The highest BCUT2D eigenvalue weighted by Crippen LogP contribution is 2.44. The highest BCUT2D eigenvalue weighted by molar-refractivity contribution is 7.17. The normalized spacial score (nSPS) is 12.9. The van der Waals surface area contributed by atoms with E-state index in [9.17, 15) is 14.4 Å². The van der Waals surface area contributed by atoms with E-state index < -0.39 is 24.1 Å². The van der Waals surface area contributed by atoms with E-state index in [1.807, 2.05) is 36.4 Å². The van der Waals surface area contributed by atoms with Gasteiger partial charge in [0.15, 0.2) is 5.13 Å². The second-order valence-electron chi connectivity index (χ2n) is 7.87. The quantitative estimate of drug-likeness (QED) is 0.386. The van der Waals surface area contributed by atoms with Gasteiger partial charge in [0.2, 0.25) is 0 Å². The average Bonchev–Trinajstić information content (AvgIpc) is 3.43. The molecule has 182 valence electrons. The van der Waals surface area contributed by atoms with Crippen LogP contribution >= 0.6 is 11.3 Å². The molecule has 3 aromatic rings. The predicted octanol–water partition coefficient (Wildman–Crippen LogP) is 4.11. The van der Waals surface area contributed by atoms with Crippen LogP contribution in [0.15, 0.2) is 54.7 Å². The molecule has 1 aromatic heterocycles. The Bertz CT molecular complexity index is 1180. The topological polar surface area (TPSA) is 127 Å². The molecule has 10 heteroatoms. The summed E-state index contributed by atoms with van der Waals surface area (Å²) in [7, 11) is 0. The number of thiazole rings is 1. The lowest BCUT2D eigenvalue weighted by molar-refractivity contribution is -0.140. The van der Waals surface area contributed by atoms with Gasteiger partial charge in [0.1, 0.15) is 11.5 Å². The molecule has 1 atom stereocenters. The Morgan fingerprint density at radius 1 is 1.09 bits per heavy atom. The van der Waals surface area contributed by atoms with E-state index in [4.69, 9.17) is 14.6 Å². The Balaban J connectivity index is 1.31. The summed E-state index contributed by atoms with van der Waals surface area (Å²) in [4.78, 5) is 40.0. The number of amides is 2. The third-order valence-corrected chi connectivity index (χ3v) is 6.49. The maximum absolute atomic E-state index is 12.4. The Labute approximate surface area is 206 Å². The van der Waals surface area contributed by atoms with Crippen molar-refractivity contribution in [2.45, 2.75) is 25.4 Å². The zero-order chi connectivity index (χ0) is 24.8. The van der Waals surface area contributed by atoms with E-state index in [2.05, 4.69) is 27.8 Å². The predicted molar refractivity (Wildman–Crippen MR) is 131 cm³/mol. The largest absolute Gasteiger partial charge is 0.481 e. The monoisotopic (exact) mass is 495 g/mol. The van der Waals surface area contributed by atoms with Gasteiger partial charge in [-0.2, -0.15) is 0 Å². The highest BCUT2D eigenvalue weighted by atomic mass is 32.1. The van der Waals surface area contributed by atoms with E-state index >= 15 is 0 Å². The first-order valence-electron chi connectivity index (χ1n) is 11.2. The number of aromatic nitrogens is 1. The zero-order valence-electron chi connectivity index (χ0n) is 19.0. The van der Waals surface area contributed by atoms with E-state index in [1.54, 1.807) is 6.92 Å². The second-order valence-corrected chi connectivity index (χ2v) is 8.90. The van der Waals surface area contributed by atoms with Crippen molar-refractivity contribution in [2.75, 3.05) is 25.1 Å². The van der Waals surface area contributed by atoms with Crippen molar-refractivity contribution in [3.63, 3.8) is 0 Å². The average molecular weight is 496 g/mol. The van der Waals surface area contributed by atoms with E-state index in [0.717, 1.165) is 33.6 Å². The second kappa shape index (κ2) is 11.1. The van der Waals surface area contributed by atoms with Gasteiger partial charge in [0.25, 0.3) is 5.91 Å². The van der Waals surface area contributed by atoms with Crippen LogP contribution in [0.1, 0.15) is 40.1 Å². The zero-order valence-corrected chi connectivity index (χ0v) is 19.8. The minimum Gasteiger partial charge on any atom is -0.481 e. The summed E-state index contributed by atoms with van der Waals surface area (Å²) in [6, 6.07) is 16.1. The van der Waals surface area contributed by atoms with Gasteiger partial charge >= 0.3 is 12.1 Å². The summed E-state index contributed by atoms with van der Waals surface area (Å²) in [5.74, 6) is -1.50. The molecular weight excluding hydrogens is 470 g/mol. The summed E-state index contributed by atoms with van der Waals surface area (Å²) in [5.41, 5.74) is 4.51. The number of carbonyl (C=O) groups excluding carboxylic acids is 2. The van der Waals surface area contributed by atoms with Crippen LogP contribution in [0.2, 0.25) is 0 Å². The molecule has 2 aromatic carbocycles. The molecule has 1 heterocycles. The first kappa shape index (κ1) is 24.4. The van der Waals surface area contributed by atoms with Gasteiger partial charge in [0, 0.05) is 19.1 Å². The molecular formula is C25H25N3O6S. The van der Waals surface area contributed by atoms with Crippen LogP contribution in [0.25, 0.3) is 11.1 Å². The lowest BCUT2D eigenvalue weighted by atomic mass is 9.98. The molecule has 0 saturated carbocycles. The first-order valence-corrected chi connectivity index (χ1v) is 12.0. The standard InChI is InChI=1S/C25H25N3O6S/c1-2-33-15(11-22(29)30)12-26-23(31)21-13-27-24(35-21)28-25(32)34-14-20-18-9-5-3-7-16(18)17-8-4-6-10-19(17)20/h3-10,13,15,20H,2,11-12,14H2,1H3,(H,26,31)(H,29,30)(H,27,28,32). The summed E-state index contributed by atoms with van der Waals surface area (Å²) >= 11 is 0.991. The number of hydrogen-bond acceptors (Lipinski definition) is 7. The molecule has 0 spiro atoms. The summed E-state index contributed by atoms with van der Waals surface area (Å²) in [6.07, 6.45) is -0.170. The van der Waals surface area contributed by atoms with Crippen molar-refractivity contribution in [3.05, 3.63) is 70.7 Å². The van der Waals surface area contributed by atoms with Crippen LogP contribution in [0.5, 0.6) is 0 Å². The number of fused-ring (bicyclic) bond motifs is 3. The molecule has 0 saturated heterocycles. The van der Waals surface area contributed by atoms with Crippen molar-refractivity contribution < 1.29 is 29.0 Å². The molecule has 1 aliphatic carbocycles. The first-order chi connectivity index (χ1) is 17.0. The number of aliphatic carboxylic acids is 1. The number of carboxylic acids is 1. The van der Waals surface area contributed by atoms with Crippen molar-refractivity contribution >= 4 is 34.4 Å². The van der Waals surface area contributed by atoms with Gasteiger partial charge in [-0.25, -0.2) is 9.78 Å². The Hall–Kier alpha value is -3.76. The van der Waals surface area contributed by atoms with Gasteiger partial charge in [-0.1, -0.05) is 59.9 Å². The van der Waals surface area contributed by atoms with Crippen molar-refractivity contribution in [3.8, 4) is 11.1 Å². The van der Waals surface area contributed by atoms with E-state index in [0.29, 0.717) is 6.61 Å². The van der Waals surface area contributed by atoms with Crippen LogP contribution in [-0.2, 0) is 14.3 Å². The third kappa shape index (κ3) is 5.84.